The Morgan fingerprint density at radius 1 is 1.06 bits per heavy atom. The number of fused-ring (bicyclic) bond motifs is 1. The van der Waals surface area contributed by atoms with E-state index in [1.165, 1.54) is 13.4 Å². The van der Waals surface area contributed by atoms with E-state index in [1.807, 2.05) is 69.3 Å². The third kappa shape index (κ3) is 6.34. The molecule has 4 aromatic rings. The van der Waals surface area contributed by atoms with Crippen LogP contribution in [0.25, 0.3) is 10.9 Å². The fourth-order valence-electron chi connectivity index (χ4n) is 3.50. The van der Waals surface area contributed by atoms with Gasteiger partial charge in [-0.2, -0.15) is 0 Å². The van der Waals surface area contributed by atoms with Crippen molar-refractivity contribution in [2.45, 2.75) is 26.8 Å². The van der Waals surface area contributed by atoms with Crippen molar-refractivity contribution in [2.75, 3.05) is 19.0 Å². The van der Waals surface area contributed by atoms with E-state index in [4.69, 9.17) is 9.47 Å². The number of aryl methyl sites for hydroxylation is 2. The third-order valence-electron chi connectivity index (χ3n) is 5.27. The first-order valence-electron chi connectivity index (χ1n) is 11.4. The molecule has 2 heterocycles. The molecular weight excluding hydrogens is 454 g/mol. The lowest BCUT2D eigenvalue weighted by molar-refractivity contribution is -0.125. The van der Waals surface area contributed by atoms with Crippen LogP contribution in [-0.4, -0.2) is 40.6 Å². The number of anilines is 2. The fourth-order valence-corrected chi connectivity index (χ4v) is 3.50. The summed E-state index contributed by atoms with van der Waals surface area (Å²) < 4.78 is 10.8. The maximum atomic E-state index is 11.7. The van der Waals surface area contributed by atoms with E-state index in [2.05, 4.69) is 37.4 Å². The van der Waals surface area contributed by atoms with Crippen LogP contribution >= 0.6 is 0 Å². The molecular formula is C28H27N5O3. The topological polar surface area (TPSA) is 98.3 Å². The van der Waals surface area contributed by atoms with Gasteiger partial charge < -0.3 is 20.1 Å². The number of nitrogens with zero attached hydrogens (tertiary/aromatic N) is 3. The van der Waals surface area contributed by atoms with Crippen LogP contribution in [0.4, 0.5) is 11.5 Å². The zero-order valence-electron chi connectivity index (χ0n) is 20.6. The lowest BCUT2D eigenvalue weighted by Crippen LogP contribution is -2.34. The zero-order valence-corrected chi connectivity index (χ0v) is 20.6. The highest BCUT2D eigenvalue weighted by Crippen LogP contribution is 2.29. The number of carbonyl (C=O) groups excluding carboxylic acids is 1. The lowest BCUT2D eigenvalue weighted by atomic mass is 10.1. The minimum Gasteiger partial charge on any atom is -0.455 e. The summed E-state index contributed by atoms with van der Waals surface area (Å²) >= 11 is 0. The highest BCUT2D eigenvalue weighted by molar-refractivity contribution is 5.91. The van der Waals surface area contributed by atoms with Crippen molar-refractivity contribution in [3.63, 3.8) is 0 Å². The molecule has 0 aliphatic heterocycles. The minimum atomic E-state index is -0.313. The molecule has 2 aromatic heterocycles. The maximum absolute atomic E-state index is 11.7. The van der Waals surface area contributed by atoms with E-state index >= 15 is 0 Å². The van der Waals surface area contributed by atoms with Crippen LogP contribution in [0.15, 0.2) is 61.1 Å². The Morgan fingerprint density at radius 2 is 1.92 bits per heavy atom. The average Bonchev–Trinajstić information content (AvgIpc) is 2.86. The van der Waals surface area contributed by atoms with Gasteiger partial charge in [-0.15, -0.1) is 0 Å². The zero-order chi connectivity index (χ0) is 25.5. The Kier molecular flexibility index (Phi) is 7.73. The Hall–Kier alpha value is -4.48. The van der Waals surface area contributed by atoms with Crippen molar-refractivity contribution in [2.24, 2.45) is 0 Å². The monoisotopic (exact) mass is 481 g/mol. The van der Waals surface area contributed by atoms with E-state index in [9.17, 15) is 4.79 Å². The number of hydrogen-bond acceptors (Lipinski definition) is 7. The molecule has 4 rings (SSSR count). The number of ether oxygens (including phenoxy) is 2. The van der Waals surface area contributed by atoms with Gasteiger partial charge in [0.05, 0.1) is 17.8 Å². The van der Waals surface area contributed by atoms with E-state index in [0.717, 1.165) is 39.2 Å². The van der Waals surface area contributed by atoms with Gasteiger partial charge in [0.2, 0.25) is 5.91 Å². The van der Waals surface area contributed by atoms with Gasteiger partial charge in [0.15, 0.2) is 0 Å². The molecule has 8 nitrogen and oxygen atoms in total. The molecule has 182 valence electrons. The van der Waals surface area contributed by atoms with Crippen LogP contribution in [0.1, 0.15) is 23.7 Å². The Bertz CT molecular complexity index is 1440. The predicted octanol–water partition coefficient (Wildman–Crippen LogP) is 4.68. The van der Waals surface area contributed by atoms with E-state index in [0.29, 0.717) is 11.6 Å². The number of hydrogen-bond donors (Lipinski definition) is 2. The number of nitrogens with one attached hydrogen (secondary N) is 2. The van der Waals surface area contributed by atoms with Crippen molar-refractivity contribution >= 4 is 28.3 Å². The summed E-state index contributed by atoms with van der Waals surface area (Å²) in [6.45, 7) is 5.75. The van der Waals surface area contributed by atoms with Crippen molar-refractivity contribution in [1.29, 1.82) is 0 Å². The molecule has 0 saturated heterocycles. The van der Waals surface area contributed by atoms with Crippen LogP contribution < -0.4 is 15.4 Å². The Balaban J connectivity index is 1.53. The number of carbonyl (C=O) groups is 1. The summed E-state index contributed by atoms with van der Waals surface area (Å²) in [6, 6.07) is 15.1. The van der Waals surface area contributed by atoms with Gasteiger partial charge in [-0.1, -0.05) is 11.8 Å². The standard InChI is InChI=1S/C28H27N5O3/c1-18-13-22(9-12-26(18)36-23-10-6-19(2)29-15-23)33-28-24-14-21(8-11-25(24)30-17-31-28)7-5-20(3)32-27(34)16-35-4/h6,8-15,17,20H,16H2,1-4H3,(H,32,34)(H,30,31,33). The number of benzene rings is 2. The Labute approximate surface area is 210 Å². The molecule has 2 aromatic carbocycles. The van der Waals surface area contributed by atoms with Gasteiger partial charge in [-0.05, 0) is 74.9 Å². The van der Waals surface area contributed by atoms with Crippen molar-refractivity contribution < 1.29 is 14.3 Å². The number of rotatable bonds is 7. The van der Waals surface area contributed by atoms with Gasteiger partial charge in [0.25, 0.3) is 0 Å². The second-order valence-corrected chi connectivity index (χ2v) is 8.29. The molecule has 1 unspecified atom stereocenters. The van der Waals surface area contributed by atoms with Crippen LogP contribution in [0.3, 0.4) is 0 Å². The molecule has 36 heavy (non-hydrogen) atoms. The summed E-state index contributed by atoms with van der Waals surface area (Å²) in [5, 5.41) is 6.99. The minimum absolute atomic E-state index is 0.00407. The van der Waals surface area contributed by atoms with Gasteiger partial charge >= 0.3 is 0 Å². The largest absolute Gasteiger partial charge is 0.455 e. The fraction of sp³-hybridized carbons (Fsp3) is 0.214. The lowest BCUT2D eigenvalue weighted by Gasteiger charge is -2.12. The first-order valence-corrected chi connectivity index (χ1v) is 11.4. The van der Waals surface area contributed by atoms with Crippen LogP contribution in [0, 0.1) is 25.7 Å². The molecule has 2 N–H and O–H groups in total. The molecule has 1 amide bonds. The molecule has 0 fully saturated rings. The van der Waals surface area contributed by atoms with Gasteiger partial charge in [0.1, 0.15) is 30.3 Å². The second kappa shape index (κ2) is 11.3. The summed E-state index contributed by atoms with van der Waals surface area (Å²) in [6.07, 6.45) is 3.24. The quantitative estimate of drug-likeness (QED) is 0.370. The predicted molar refractivity (Wildman–Crippen MR) is 139 cm³/mol. The van der Waals surface area contributed by atoms with Gasteiger partial charge in [0, 0.05) is 29.4 Å². The Morgan fingerprint density at radius 3 is 2.67 bits per heavy atom. The van der Waals surface area contributed by atoms with Crippen molar-refractivity contribution in [3.8, 4) is 23.3 Å². The van der Waals surface area contributed by atoms with E-state index < -0.39 is 0 Å². The smallest absolute Gasteiger partial charge is 0.246 e. The highest BCUT2D eigenvalue weighted by atomic mass is 16.5. The molecule has 0 aliphatic carbocycles. The number of aromatic nitrogens is 3. The maximum Gasteiger partial charge on any atom is 0.246 e. The first kappa shape index (κ1) is 24.6. The average molecular weight is 482 g/mol. The molecule has 8 heteroatoms. The normalized spacial score (nSPS) is 11.3. The summed E-state index contributed by atoms with van der Waals surface area (Å²) in [7, 11) is 1.48. The summed E-state index contributed by atoms with van der Waals surface area (Å²) in [5.41, 5.74) is 4.36. The van der Waals surface area contributed by atoms with Crippen molar-refractivity contribution in [1.82, 2.24) is 20.3 Å². The van der Waals surface area contributed by atoms with Crippen LogP contribution in [0.5, 0.6) is 11.5 Å². The van der Waals surface area contributed by atoms with Gasteiger partial charge in [-0.25, -0.2) is 9.97 Å². The molecule has 0 saturated carbocycles. The first-order chi connectivity index (χ1) is 17.4. The van der Waals surface area contributed by atoms with Crippen LogP contribution in [0.2, 0.25) is 0 Å². The molecule has 0 bridgehead atoms. The SMILES string of the molecule is COCC(=O)NC(C)C#Cc1ccc2ncnc(Nc3ccc(Oc4ccc(C)nc4)c(C)c3)c2c1. The summed E-state index contributed by atoms with van der Waals surface area (Å²) in [5.74, 6) is 8.05. The van der Waals surface area contributed by atoms with E-state index in [1.54, 1.807) is 6.20 Å². The third-order valence-corrected chi connectivity index (χ3v) is 5.27. The molecule has 0 spiro atoms. The van der Waals surface area contributed by atoms with Gasteiger partial charge in [-0.3, -0.25) is 9.78 Å². The van der Waals surface area contributed by atoms with E-state index in [-0.39, 0.29) is 18.6 Å². The van der Waals surface area contributed by atoms with Crippen LogP contribution in [-0.2, 0) is 9.53 Å². The van der Waals surface area contributed by atoms with Crippen molar-refractivity contribution in [3.05, 3.63) is 77.9 Å². The number of pyridine rings is 1. The number of amides is 1. The second-order valence-electron chi connectivity index (χ2n) is 8.29. The molecule has 1 atom stereocenters. The molecule has 0 radical (unpaired) electrons. The summed E-state index contributed by atoms with van der Waals surface area (Å²) in [4.78, 5) is 24.8. The molecule has 0 aliphatic rings. The highest BCUT2D eigenvalue weighted by Gasteiger charge is 2.08. The number of methoxy groups -OCH3 is 1.